The van der Waals surface area contributed by atoms with Gasteiger partial charge in [-0.15, -0.1) is 0 Å². The molecule has 5 rings (SSSR count). The molecule has 2 fully saturated rings. The quantitative estimate of drug-likeness (QED) is 0.517. The van der Waals surface area contributed by atoms with Crippen LogP contribution in [0.1, 0.15) is 62.1 Å². The van der Waals surface area contributed by atoms with E-state index in [2.05, 4.69) is 19.1 Å². The zero-order valence-corrected chi connectivity index (χ0v) is 20.0. The number of carbonyl (C=O) groups excluding carboxylic acids is 2. The molecule has 7 nitrogen and oxygen atoms in total. The summed E-state index contributed by atoms with van der Waals surface area (Å²) in [5, 5.41) is 0. The molecule has 0 spiro atoms. The van der Waals surface area contributed by atoms with E-state index in [4.69, 9.17) is 4.74 Å². The summed E-state index contributed by atoms with van der Waals surface area (Å²) in [6, 6.07) is 12.8. The highest BCUT2D eigenvalue weighted by molar-refractivity contribution is 6.00. The van der Waals surface area contributed by atoms with E-state index in [1.165, 1.54) is 29.7 Å². The van der Waals surface area contributed by atoms with Crippen LogP contribution in [0.25, 0.3) is 11.0 Å². The Labute approximate surface area is 198 Å². The molecule has 1 aliphatic heterocycles. The van der Waals surface area contributed by atoms with Crippen LogP contribution < -0.4 is 10.4 Å². The first kappa shape index (κ1) is 22.4. The van der Waals surface area contributed by atoms with Crippen molar-refractivity contribution in [2.45, 2.75) is 57.5 Å². The van der Waals surface area contributed by atoms with E-state index in [9.17, 15) is 14.4 Å². The summed E-state index contributed by atoms with van der Waals surface area (Å²) in [6.07, 6.45) is 4.16. The van der Waals surface area contributed by atoms with Gasteiger partial charge < -0.3 is 4.74 Å². The van der Waals surface area contributed by atoms with Gasteiger partial charge in [0.15, 0.2) is 0 Å². The number of aryl methyl sites for hydroxylation is 1. The van der Waals surface area contributed by atoms with Crippen LogP contribution in [0.3, 0.4) is 0 Å². The van der Waals surface area contributed by atoms with Crippen LogP contribution in [-0.4, -0.2) is 33.0 Å². The van der Waals surface area contributed by atoms with Gasteiger partial charge in [-0.05, 0) is 66.5 Å². The number of nitrogens with zero attached hydrogens (tertiary/aromatic N) is 3. The fourth-order valence-electron chi connectivity index (χ4n) is 5.42. The van der Waals surface area contributed by atoms with E-state index < -0.39 is 6.04 Å². The van der Waals surface area contributed by atoms with Crippen molar-refractivity contribution >= 4 is 22.8 Å². The molecule has 1 aromatic heterocycles. The maximum atomic E-state index is 13.5. The Morgan fingerprint density at radius 3 is 2.41 bits per heavy atom. The second-order valence-corrected chi connectivity index (χ2v) is 9.62. The van der Waals surface area contributed by atoms with E-state index in [1.54, 1.807) is 23.3 Å². The van der Waals surface area contributed by atoms with Crippen LogP contribution in [0.5, 0.6) is 5.75 Å². The second-order valence-electron chi connectivity index (χ2n) is 9.62. The Bertz CT molecular complexity index is 1300. The van der Waals surface area contributed by atoms with Crippen LogP contribution in [0.4, 0.5) is 0 Å². The molecular formula is C27H31N3O4. The third kappa shape index (κ3) is 3.73. The molecular weight excluding hydrogens is 430 g/mol. The third-order valence-corrected chi connectivity index (χ3v) is 7.69. The Balaban J connectivity index is 1.45. The zero-order chi connectivity index (χ0) is 24.0. The van der Waals surface area contributed by atoms with Crippen LogP contribution >= 0.6 is 0 Å². The van der Waals surface area contributed by atoms with Gasteiger partial charge in [-0.3, -0.25) is 23.6 Å². The van der Waals surface area contributed by atoms with Crippen molar-refractivity contribution in [3.63, 3.8) is 0 Å². The minimum atomic E-state index is -0.689. The summed E-state index contributed by atoms with van der Waals surface area (Å²) in [7, 11) is 3.35. The van der Waals surface area contributed by atoms with Gasteiger partial charge in [-0.1, -0.05) is 31.5 Å². The molecule has 1 saturated heterocycles. The SMILES string of the molecule is CCC1CC(c2ccc3c(c2)n(C)c(=O)n3C2CCC(=O)N(Cc3ccc(OC)cc3)C2=O)C1. The molecule has 1 atom stereocenters. The van der Waals surface area contributed by atoms with Crippen LogP contribution in [0.15, 0.2) is 47.3 Å². The maximum absolute atomic E-state index is 13.5. The summed E-state index contributed by atoms with van der Waals surface area (Å²) >= 11 is 0. The first-order valence-corrected chi connectivity index (χ1v) is 12.1. The lowest BCUT2D eigenvalue weighted by Gasteiger charge is -2.35. The minimum Gasteiger partial charge on any atom is -0.497 e. The van der Waals surface area contributed by atoms with Gasteiger partial charge in [-0.25, -0.2) is 4.79 Å². The number of likely N-dealkylation sites (tertiary alicyclic amines) is 1. The van der Waals surface area contributed by atoms with Crippen molar-refractivity contribution in [1.29, 1.82) is 0 Å². The van der Waals surface area contributed by atoms with Crippen molar-refractivity contribution in [2.75, 3.05) is 7.11 Å². The first-order chi connectivity index (χ1) is 16.4. The lowest BCUT2D eigenvalue weighted by Crippen LogP contribution is -2.47. The smallest absolute Gasteiger partial charge is 0.329 e. The van der Waals surface area contributed by atoms with Crippen molar-refractivity contribution < 1.29 is 14.3 Å². The molecule has 3 aromatic rings. The Hall–Kier alpha value is -3.35. The van der Waals surface area contributed by atoms with Gasteiger partial charge in [0.2, 0.25) is 5.91 Å². The highest BCUT2D eigenvalue weighted by Crippen LogP contribution is 2.43. The first-order valence-electron chi connectivity index (χ1n) is 12.1. The molecule has 0 N–H and O–H groups in total. The average molecular weight is 462 g/mol. The molecule has 1 saturated carbocycles. The van der Waals surface area contributed by atoms with Crippen molar-refractivity contribution in [3.8, 4) is 5.75 Å². The Morgan fingerprint density at radius 1 is 1.00 bits per heavy atom. The third-order valence-electron chi connectivity index (χ3n) is 7.69. The monoisotopic (exact) mass is 461 g/mol. The number of benzene rings is 2. The molecule has 1 aliphatic carbocycles. The number of ether oxygens (including phenoxy) is 1. The van der Waals surface area contributed by atoms with Gasteiger partial charge in [-0.2, -0.15) is 0 Å². The van der Waals surface area contributed by atoms with Crippen LogP contribution in [-0.2, 0) is 23.2 Å². The minimum absolute atomic E-state index is 0.183. The number of imidazole rings is 1. The second kappa shape index (κ2) is 8.78. The van der Waals surface area contributed by atoms with E-state index in [0.717, 1.165) is 22.5 Å². The predicted octanol–water partition coefficient (Wildman–Crippen LogP) is 4.14. The average Bonchev–Trinajstić information content (AvgIpc) is 3.06. The number of amides is 2. The van der Waals surface area contributed by atoms with Crippen molar-refractivity contribution in [3.05, 3.63) is 64.1 Å². The van der Waals surface area contributed by atoms with Crippen LogP contribution in [0.2, 0.25) is 0 Å². The fraction of sp³-hybridized carbons (Fsp3) is 0.444. The summed E-state index contributed by atoms with van der Waals surface area (Å²) in [6.45, 7) is 2.42. The summed E-state index contributed by atoms with van der Waals surface area (Å²) in [5.74, 6) is 1.52. The lowest BCUT2D eigenvalue weighted by molar-refractivity contribution is -0.151. The summed E-state index contributed by atoms with van der Waals surface area (Å²) in [4.78, 5) is 40.7. The largest absolute Gasteiger partial charge is 0.497 e. The van der Waals surface area contributed by atoms with Gasteiger partial charge in [0.05, 0.1) is 24.7 Å². The molecule has 178 valence electrons. The molecule has 7 heteroatoms. The van der Waals surface area contributed by atoms with Gasteiger partial charge in [0, 0.05) is 13.5 Å². The summed E-state index contributed by atoms with van der Waals surface area (Å²) < 4.78 is 8.41. The van der Waals surface area contributed by atoms with Gasteiger partial charge in [0.1, 0.15) is 11.8 Å². The molecule has 2 heterocycles. The number of methoxy groups -OCH3 is 1. The molecule has 2 aliphatic rings. The number of hydrogen-bond donors (Lipinski definition) is 0. The van der Waals surface area contributed by atoms with Crippen molar-refractivity contribution in [1.82, 2.24) is 14.0 Å². The number of hydrogen-bond acceptors (Lipinski definition) is 4. The Morgan fingerprint density at radius 2 is 1.74 bits per heavy atom. The molecule has 2 aromatic carbocycles. The number of rotatable bonds is 6. The number of imide groups is 1. The Kier molecular flexibility index (Phi) is 5.80. The molecule has 1 unspecified atom stereocenters. The molecule has 0 radical (unpaired) electrons. The molecule has 2 amide bonds. The van der Waals surface area contributed by atoms with E-state index in [0.29, 0.717) is 18.1 Å². The lowest BCUT2D eigenvalue weighted by atomic mass is 9.70. The predicted molar refractivity (Wildman–Crippen MR) is 130 cm³/mol. The highest BCUT2D eigenvalue weighted by Gasteiger charge is 2.37. The number of fused-ring (bicyclic) bond motifs is 1. The fourth-order valence-corrected chi connectivity index (χ4v) is 5.42. The van der Waals surface area contributed by atoms with Crippen LogP contribution in [0, 0.1) is 5.92 Å². The van der Waals surface area contributed by atoms with Crippen molar-refractivity contribution in [2.24, 2.45) is 13.0 Å². The van der Waals surface area contributed by atoms with E-state index >= 15 is 0 Å². The van der Waals surface area contributed by atoms with Gasteiger partial charge >= 0.3 is 5.69 Å². The molecule has 0 bridgehead atoms. The summed E-state index contributed by atoms with van der Waals surface area (Å²) in [5.41, 5.74) is 3.47. The zero-order valence-electron chi connectivity index (χ0n) is 20.0. The van der Waals surface area contributed by atoms with E-state index in [-0.39, 0.29) is 30.5 Å². The highest BCUT2D eigenvalue weighted by atomic mass is 16.5. The van der Waals surface area contributed by atoms with E-state index in [1.807, 2.05) is 30.3 Å². The maximum Gasteiger partial charge on any atom is 0.329 e. The standard InChI is InChI=1S/C27H31N3O4/c1-4-17-13-20(14-17)19-7-10-22-24(15-19)28(2)27(33)30(22)23-11-12-25(31)29(26(23)32)16-18-5-8-21(34-3)9-6-18/h5-10,15,17,20,23H,4,11-14,16H2,1-3H3. The number of aromatic nitrogens is 2. The topological polar surface area (TPSA) is 73.5 Å². The number of carbonyl (C=O) groups is 2. The normalized spacial score (nSPS) is 22.8. The molecule has 34 heavy (non-hydrogen) atoms. The number of piperidine rings is 1. The van der Waals surface area contributed by atoms with Gasteiger partial charge in [0.25, 0.3) is 5.91 Å².